The molecule has 0 spiro atoms. The van der Waals surface area contributed by atoms with Gasteiger partial charge in [0.2, 0.25) is 5.78 Å². The second-order valence-electron chi connectivity index (χ2n) is 7.88. The van der Waals surface area contributed by atoms with Crippen LogP contribution in [-0.4, -0.2) is 29.1 Å². The van der Waals surface area contributed by atoms with Crippen molar-refractivity contribution in [1.29, 1.82) is 5.26 Å². The van der Waals surface area contributed by atoms with E-state index in [4.69, 9.17) is 0 Å². The fourth-order valence-corrected chi connectivity index (χ4v) is 5.22. The average molecular weight is 368 g/mol. The first-order valence-electron chi connectivity index (χ1n) is 9.82. The quantitative estimate of drug-likeness (QED) is 0.805. The van der Waals surface area contributed by atoms with Crippen molar-refractivity contribution in [3.05, 3.63) is 82.6 Å². The smallest absolute Gasteiger partial charge is 0.210 e. The molecule has 0 saturated carbocycles. The molecular weight excluding hydrogens is 348 g/mol. The number of ketones is 2. The van der Waals surface area contributed by atoms with Crippen molar-refractivity contribution >= 4 is 11.6 Å². The van der Waals surface area contributed by atoms with E-state index >= 15 is 0 Å². The van der Waals surface area contributed by atoms with Crippen molar-refractivity contribution < 1.29 is 9.59 Å². The second-order valence-corrected chi connectivity index (χ2v) is 7.88. The van der Waals surface area contributed by atoms with E-state index in [-0.39, 0.29) is 17.6 Å². The maximum Gasteiger partial charge on any atom is 0.210 e. The van der Waals surface area contributed by atoms with Crippen LogP contribution in [0.4, 0.5) is 0 Å². The van der Waals surface area contributed by atoms with Crippen LogP contribution in [0.3, 0.4) is 0 Å². The number of nitrogens with zero attached hydrogens (tertiary/aromatic N) is 2. The van der Waals surface area contributed by atoms with Gasteiger partial charge in [0, 0.05) is 17.7 Å². The van der Waals surface area contributed by atoms with Crippen molar-refractivity contribution in [2.45, 2.75) is 31.7 Å². The van der Waals surface area contributed by atoms with Crippen molar-refractivity contribution in [1.82, 2.24) is 4.90 Å². The Balaban J connectivity index is 1.74. The van der Waals surface area contributed by atoms with Gasteiger partial charge in [-0.15, -0.1) is 0 Å². The van der Waals surface area contributed by atoms with E-state index in [1.54, 1.807) is 24.3 Å². The molecule has 4 nitrogen and oxygen atoms in total. The number of benzene rings is 2. The summed E-state index contributed by atoms with van der Waals surface area (Å²) in [7, 11) is 0. The largest absolute Gasteiger partial charge is 0.363 e. The minimum Gasteiger partial charge on any atom is -0.363 e. The van der Waals surface area contributed by atoms with E-state index in [0.717, 1.165) is 31.4 Å². The van der Waals surface area contributed by atoms with E-state index in [9.17, 15) is 14.9 Å². The SMILES string of the molecule is N#C[C@@]1(Cc2ccccc2)C2=C(C(=O)c3ccccc3C2=O)N2CCCC[C@@H]21. The molecule has 0 radical (unpaired) electrons. The number of allylic oxidation sites excluding steroid dienone is 1. The highest BCUT2D eigenvalue weighted by molar-refractivity contribution is 6.28. The third-order valence-corrected chi connectivity index (χ3v) is 6.43. The molecule has 4 heteroatoms. The van der Waals surface area contributed by atoms with Crippen LogP contribution in [-0.2, 0) is 6.42 Å². The molecule has 0 amide bonds. The molecular formula is C24H20N2O2. The van der Waals surface area contributed by atoms with Gasteiger partial charge in [0.25, 0.3) is 0 Å². The molecule has 2 heterocycles. The molecule has 2 aromatic rings. The number of hydrogen-bond donors (Lipinski definition) is 0. The van der Waals surface area contributed by atoms with Crippen LogP contribution in [0.5, 0.6) is 0 Å². The maximum absolute atomic E-state index is 13.6. The van der Waals surface area contributed by atoms with Gasteiger partial charge in [0.1, 0.15) is 5.41 Å². The number of nitriles is 1. The van der Waals surface area contributed by atoms with Gasteiger partial charge in [0.05, 0.1) is 23.4 Å². The average Bonchev–Trinajstić information content (AvgIpc) is 3.04. The first kappa shape index (κ1) is 16.9. The van der Waals surface area contributed by atoms with E-state index in [0.29, 0.717) is 28.8 Å². The lowest BCUT2D eigenvalue weighted by molar-refractivity contribution is 0.0935. The van der Waals surface area contributed by atoms with Gasteiger partial charge in [0.15, 0.2) is 5.78 Å². The number of carbonyl (C=O) groups excluding carboxylic acids is 2. The molecule has 28 heavy (non-hydrogen) atoms. The summed E-state index contributed by atoms with van der Waals surface area (Å²) in [6, 6.07) is 19.2. The van der Waals surface area contributed by atoms with Crippen LogP contribution in [0.2, 0.25) is 0 Å². The highest BCUT2D eigenvalue weighted by Gasteiger charge is 2.59. The normalized spacial score (nSPS) is 25.8. The monoisotopic (exact) mass is 368 g/mol. The molecule has 3 aliphatic rings. The molecule has 5 rings (SSSR count). The molecule has 0 aromatic heterocycles. The zero-order valence-electron chi connectivity index (χ0n) is 15.5. The summed E-state index contributed by atoms with van der Waals surface area (Å²) in [5, 5.41) is 10.4. The van der Waals surface area contributed by atoms with Crippen LogP contribution in [0.1, 0.15) is 45.5 Å². The first-order chi connectivity index (χ1) is 13.7. The van der Waals surface area contributed by atoms with Crippen molar-refractivity contribution in [2.75, 3.05) is 6.54 Å². The van der Waals surface area contributed by atoms with E-state index in [1.165, 1.54) is 0 Å². The molecule has 1 aliphatic carbocycles. The molecule has 1 fully saturated rings. The molecule has 0 N–H and O–H groups in total. The van der Waals surface area contributed by atoms with Crippen molar-refractivity contribution in [3.8, 4) is 6.07 Å². The van der Waals surface area contributed by atoms with Crippen LogP contribution in [0.15, 0.2) is 65.9 Å². The van der Waals surface area contributed by atoms with Gasteiger partial charge >= 0.3 is 0 Å². The van der Waals surface area contributed by atoms with Crippen molar-refractivity contribution in [2.24, 2.45) is 5.41 Å². The van der Waals surface area contributed by atoms with Crippen LogP contribution in [0, 0.1) is 16.7 Å². The fourth-order valence-electron chi connectivity index (χ4n) is 5.22. The molecule has 2 aromatic carbocycles. The summed E-state index contributed by atoms with van der Waals surface area (Å²) in [5.41, 5.74) is 1.82. The topological polar surface area (TPSA) is 61.2 Å². The summed E-state index contributed by atoms with van der Waals surface area (Å²) in [6.07, 6.45) is 3.26. The minimum atomic E-state index is -0.989. The number of piperidine rings is 1. The Bertz CT molecular complexity index is 1060. The molecule has 0 unspecified atom stereocenters. The number of rotatable bonds is 2. The van der Waals surface area contributed by atoms with Gasteiger partial charge in [-0.05, 0) is 31.2 Å². The lowest BCUT2D eigenvalue weighted by Gasteiger charge is -2.39. The lowest BCUT2D eigenvalue weighted by atomic mass is 9.67. The van der Waals surface area contributed by atoms with Crippen LogP contribution in [0.25, 0.3) is 0 Å². The summed E-state index contributed by atoms with van der Waals surface area (Å²) >= 11 is 0. The highest BCUT2D eigenvalue weighted by atomic mass is 16.1. The molecule has 2 atom stereocenters. The van der Waals surface area contributed by atoms with E-state index < -0.39 is 5.41 Å². The predicted molar refractivity (Wildman–Crippen MR) is 105 cm³/mol. The van der Waals surface area contributed by atoms with Crippen LogP contribution < -0.4 is 0 Å². The Morgan fingerprint density at radius 1 is 0.964 bits per heavy atom. The Morgan fingerprint density at radius 3 is 2.36 bits per heavy atom. The summed E-state index contributed by atoms with van der Waals surface area (Å²) in [4.78, 5) is 29.0. The second kappa shape index (κ2) is 6.17. The zero-order chi connectivity index (χ0) is 19.3. The minimum absolute atomic E-state index is 0.109. The molecule has 1 saturated heterocycles. The first-order valence-corrected chi connectivity index (χ1v) is 9.82. The Hall–Kier alpha value is -3.19. The highest BCUT2D eigenvalue weighted by Crippen LogP contribution is 2.53. The maximum atomic E-state index is 13.6. The summed E-state index contributed by atoms with van der Waals surface area (Å²) in [5.74, 6) is -0.264. The van der Waals surface area contributed by atoms with E-state index in [2.05, 4.69) is 11.0 Å². The molecule has 2 aliphatic heterocycles. The van der Waals surface area contributed by atoms with Gasteiger partial charge in [-0.2, -0.15) is 5.26 Å². The number of carbonyl (C=O) groups is 2. The van der Waals surface area contributed by atoms with Gasteiger partial charge < -0.3 is 4.90 Å². The number of fused-ring (bicyclic) bond motifs is 3. The fraction of sp³-hybridized carbons (Fsp3) is 0.292. The Kier molecular flexibility index (Phi) is 3.73. The van der Waals surface area contributed by atoms with E-state index in [1.807, 2.05) is 30.3 Å². The van der Waals surface area contributed by atoms with Gasteiger partial charge in [-0.25, -0.2) is 0 Å². The zero-order valence-corrected chi connectivity index (χ0v) is 15.5. The van der Waals surface area contributed by atoms with Crippen LogP contribution >= 0.6 is 0 Å². The van der Waals surface area contributed by atoms with Gasteiger partial charge in [-0.1, -0.05) is 54.6 Å². The Morgan fingerprint density at radius 2 is 1.64 bits per heavy atom. The molecule has 0 bridgehead atoms. The lowest BCUT2D eigenvalue weighted by Crippen LogP contribution is -2.46. The standard InChI is InChI=1S/C24H20N2O2/c25-15-24(14-16-8-2-1-3-9-16)19-12-6-7-13-26(19)21-20(24)22(27)17-10-4-5-11-18(17)23(21)28/h1-5,8-11,19H,6-7,12-14H2/t19-,24-/m1/s1. The summed E-state index contributed by atoms with van der Waals surface area (Å²) < 4.78 is 0. The third kappa shape index (κ3) is 2.16. The van der Waals surface area contributed by atoms with Crippen molar-refractivity contribution in [3.63, 3.8) is 0 Å². The Labute approximate surface area is 164 Å². The number of Topliss-reactive ketones (excluding diaryl/α,β-unsaturated/α-hetero) is 2. The summed E-state index contributed by atoms with van der Waals surface area (Å²) in [6.45, 7) is 0.725. The predicted octanol–water partition coefficient (Wildman–Crippen LogP) is 3.94. The van der Waals surface area contributed by atoms with Gasteiger partial charge in [-0.3, -0.25) is 9.59 Å². The number of hydrogen-bond acceptors (Lipinski definition) is 4. The third-order valence-electron chi connectivity index (χ3n) is 6.43. The molecule has 138 valence electrons.